The van der Waals surface area contributed by atoms with Gasteiger partial charge in [0.25, 0.3) is 0 Å². The van der Waals surface area contributed by atoms with E-state index in [-0.39, 0.29) is 0 Å². The van der Waals surface area contributed by atoms with E-state index in [2.05, 4.69) is 18.3 Å². The van der Waals surface area contributed by atoms with Crippen molar-refractivity contribution in [1.82, 2.24) is 5.32 Å². The van der Waals surface area contributed by atoms with Gasteiger partial charge >= 0.3 is 0 Å². The molecule has 0 saturated heterocycles. The third kappa shape index (κ3) is 3.88. The summed E-state index contributed by atoms with van der Waals surface area (Å²) in [5, 5.41) is 13.2. The molecule has 0 aromatic heterocycles. The van der Waals surface area contributed by atoms with Crippen LogP contribution in [-0.4, -0.2) is 11.1 Å². The molecule has 0 bridgehead atoms. The molecule has 98 valence electrons. The Morgan fingerprint density at radius 3 is 2.83 bits per heavy atom. The summed E-state index contributed by atoms with van der Waals surface area (Å²) in [6.45, 7) is 2.95. The molecule has 0 aliphatic heterocycles. The van der Waals surface area contributed by atoms with Gasteiger partial charge in [0, 0.05) is 18.2 Å². The summed E-state index contributed by atoms with van der Waals surface area (Å²) in [7, 11) is 0. The lowest BCUT2D eigenvalue weighted by atomic mass is 9.95. The molecule has 2 heteroatoms. The lowest BCUT2D eigenvalue weighted by molar-refractivity contribution is 0.457. The first-order valence-electron chi connectivity index (χ1n) is 6.94. The largest absolute Gasteiger partial charge is 0.508 e. The molecule has 0 amide bonds. The molecule has 1 atom stereocenters. The highest BCUT2D eigenvalue weighted by atomic mass is 16.3. The maximum absolute atomic E-state index is 9.69. The fourth-order valence-corrected chi connectivity index (χ4v) is 2.50. The molecule has 2 nitrogen and oxygen atoms in total. The second kappa shape index (κ2) is 6.60. The summed E-state index contributed by atoms with van der Waals surface area (Å²) >= 11 is 0. The first-order chi connectivity index (χ1) is 8.75. The van der Waals surface area contributed by atoms with Crippen molar-refractivity contribution < 1.29 is 5.11 Å². The maximum Gasteiger partial charge on any atom is 0.120 e. The van der Waals surface area contributed by atoms with Gasteiger partial charge < -0.3 is 10.4 Å². The van der Waals surface area contributed by atoms with Crippen LogP contribution in [0.2, 0.25) is 0 Å². The van der Waals surface area contributed by atoms with Gasteiger partial charge in [0.05, 0.1) is 0 Å². The lowest BCUT2D eigenvalue weighted by Gasteiger charge is -2.19. The van der Waals surface area contributed by atoms with Crippen LogP contribution in [0, 0.1) is 0 Å². The topological polar surface area (TPSA) is 32.3 Å². The van der Waals surface area contributed by atoms with Crippen molar-refractivity contribution in [2.75, 3.05) is 0 Å². The van der Waals surface area contributed by atoms with Gasteiger partial charge in [-0.15, -0.1) is 0 Å². The highest BCUT2D eigenvalue weighted by molar-refractivity contribution is 5.31. The molecular weight excluding hydrogens is 222 g/mol. The summed E-state index contributed by atoms with van der Waals surface area (Å²) in [4.78, 5) is 0. The van der Waals surface area contributed by atoms with Crippen LogP contribution >= 0.6 is 0 Å². The van der Waals surface area contributed by atoms with Gasteiger partial charge in [0.2, 0.25) is 0 Å². The molecule has 0 unspecified atom stereocenters. The van der Waals surface area contributed by atoms with Crippen LogP contribution in [-0.2, 0) is 6.54 Å². The van der Waals surface area contributed by atoms with Crippen LogP contribution in [0.15, 0.2) is 35.9 Å². The normalized spacial score (nSPS) is 17.3. The smallest absolute Gasteiger partial charge is 0.120 e. The van der Waals surface area contributed by atoms with Crippen LogP contribution in [0.3, 0.4) is 0 Å². The fourth-order valence-electron chi connectivity index (χ4n) is 2.50. The average Bonchev–Trinajstić information content (AvgIpc) is 2.39. The summed E-state index contributed by atoms with van der Waals surface area (Å²) in [5.74, 6) is 0.383. The van der Waals surface area contributed by atoms with Crippen LogP contribution in [0.4, 0.5) is 0 Å². The number of phenols is 1. The highest BCUT2D eigenvalue weighted by Crippen LogP contribution is 2.21. The van der Waals surface area contributed by atoms with Crippen LogP contribution in [0.25, 0.3) is 0 Å². The molecule has 18 heavy (non-hydrogen) atoms. The van der Waals surface area contributed by atoms with Crippen LogP contribution in [0.1, 0.15) is 44.6 Å². The molecule has 2 rings (SSSR count). The predicted molar refractivity (Wildman–Crippen MR) is 75.6 cm³/mol. The Kier molecular flexibility index (Phi) is 4.82. The minimum atomic E-state index is 0.383. The SMILES string of the molecule is C[C@@H](CC1=CCCCC1)NCc1ccccc1O. The van der Waals surface area contributed by atoms with Crippen LogP contribution in [0.5, 0.6) is 5.75 Å². The molecule has 1 aliphatic rings. The summed E-state index contributed by atoms with van der Waals surface area (Å²) in [6, 6.07) is 7.99. The number of aromatic hydroxyl groups is 1. The van der Waals surface area contributed by atoms with Gasteiger partial charge in [-0.3, -0.25) is 0 Å². The van der Waals surface area contributed by atoms with Crippen molar-refractivity contribution >= 4 is 0 Å². The van der Waals surface area contributed by atoms with E-state index in [1.54, 1.807) is 11.6 Å². The van der Waals surface area contributed by atoms with E-state index < -0.39 is 0 Å². The molecule has 0 spiro atoms. The van der Waals surface area contributed by atoms with E-state index in [0.717, 1.165) is 18.5 Å². The molecule has 1 aromatic rings. The van der Waals surface area contributed by atoms with Gasteiger partial charge in [-0.05, 0) is 45.1 Å². The number of para-hydroxylation sites is 1. The molecule has 0 fully saturated rings. The molecule has 0 heterocycles. The number of phenolic OH excluding ortho intramolecular Hbond substituents is 1. The van der Waals surface area contributed by atoms with Crippen molar-refractivity contribution in [3.05, 3.63) is 41.5 Å². The highest BCUT2D eigenvalue weighted by Gasteiger charge is 2.09. The first-order valence-corrected chi connectivity index (χ1v) is 6.94. The number of hydrogen-bond donors (Lipinski definition) is 2. The fraction of sp³-hybridized carbons (Fsp3) is 0.500. The molecule has 1 aromatic carbocycles. The second-order valence-corrected chi connectivity index (χ2v) is 5.22. The van der Waals surface area contributed by atoms with Gasteiger partial charge in [0.1, 0.15) is 5.75 Å². The van der Waals surface area contributed by atoms with Crippen molar-refractivity contribution in [1.29, 1.82) is 0 Å². The molecular formula is C16H23NO. The minimum Gasteiger partial charge on any atom is -0.508 e. The van der Waals surface area contributed by atoms with Gasteiger partial charge in [0.15, 0.2) is 0 Å². The molecule has 0 radical (unpaired) electrons. The Morgan fingerprint density at radius 2 is 2.11 bits per heavy atom. The minimum absolute atomic E-state index is 0.383. The summed E-state index contributed by atoms with van der Waals surface area (Å²) in [5.41, 5.74) is 2.57. The Balaban J connectivity index is 1.79. The van der Waals surface area contributed by atoms with E-state index in [1.807, 2.05) is 18.2 Å². The van der Waals surface area contributed by atoms with Crippen LogP contribution < -0.4 is 5.32 Å². The van der Waals surface area contributed by atoms with Crippen molar-refractivity contribution in [3.8, 4) is 5.75 Å². The Bertz CT molecular complexity index is 411. The molecule has 0 saturated carbocycles. The predicted octanol–water partition coefficient (Wildman–Crippen LogP) is 3.76. The van der Waals surface area contributed by atoms with E-state index >= 15 is 0 Å². The number of allylic oxidation sites excluding steroid dienone is 1. The molecule has 1 aliphatic carbocycles. The average molecular weight is 245 g/mol. The second-order valence-electron chi connectivity index (χ2n) is 5.22. The van der Waals surface area contributed by atoms with Crippen molar-refractivity contribution in [2.24, 2.45) is 0 Å². The lowest BCUT2D eigenvalue weighted by Crippen LogP contribution is -2.26. The maximum atomic E-state index is 9.69. The van der Waals surface area contributed by atoms with Gasteiger partial charge in [-0.2, -0.15) is 0 Å². The number of benzene rings is 1. The zero-order valence-corrected chi connectivity index (χ0v) is 11.2. The van der Waals surface area contributed by atoms with Gasteiger partial charge in [-0.1, -0.05) is 29.8 Å². The number of hydrogen-bond acceptors (Lipinski definition) is 2. The van der Waals surface area contributed by atoms with E-state index in [4.69, 9.17) is 0 Å². The quantitative estimate of drug-likeness (QED) is 0.774. The summed E-state index contributed by atoms with van der Waals surface area (Å²) < 4.78 is 0. The first kappa shape index (κ1) is 13.2. The Hall–Kier alpha value is -1.28. The Morgan fingerprint density at radius 1 is 1.28 bits per heavy atom. The summed E-state index contributed by atoms with van der Waals surface area (Å²) in [6.07, 6.45) is 8.75. The standard InChI is InChI=1S/C16H23NO/c1-13(11-14-7-3-2-4-8-14)17-12-15-9-5-6-10-16(15)18/h5-7,9-10,13,17-18H,2-4,8,11-12H2,1H3/t13-/m0/s1. The Labute approximate surface area is 110 Å². The number of rotatable bonds is 5. The van der Waals surface area contributed by atoms with E-state index in [0.29, 0.717) is 11.8 Å². The third-order valence-corrected chi connectivity index (χ3v) is 3.59. The van der Waals surface area contributed by atoms with Crippen molar-refractivity contribution in [2.45, 2.75) is 51.6 Å². The van der Waals surface area contributed by atoms with Crippen molar-refractivity contribution in [3.63, 3.8) is 0 Å². The molecule has 2 N–H and O–H groups in total. The zero-order valence-electron chi connectivity index (χ0n) is 11.2. The van der Waals surface area contributed by atoms with E-state index in [9.17, 15) is 5.11 Å². The van der Waals surface area contributed by atoms with E-state index in [1.165, 1.54) is 25.7 Å². The zero-order chi connectivity index (χ0) is 12.8. The van der Waals surface area contributed by atoms with Gasteiger partial charge in [-0.25, -0.2) is 0 Å². The third-order valence-electron chi connectivity index (χ3n) is 3.59. The monoisotopic (exact) mass is 245 g/mol. The number of nitrogens with one attached hydrogen (secondary N) is 1.